The Morgan fingerprint density at radius 1 is 1.31 bits per heavy atom. The molecule has 16 heavy (non-hydrogen) atoms. The summed E-state index contributed by atoms with van der Waals surface area (Å²) >= 11 is 0. The molecule has 0 spiro atoms. The summed E-state index contributed by atoms with van der Waals surface area (Å²) in [4.78, 5) is 0. The largest absolute Gasteiger partial charge is 1.00 e. The summed E-state index contributed by atoms with van der Waals surface area (Å²) in [6.07, 6.45) is -1.65. The van der Waals surface area contributed by atoms with E-state index in [1.807, 2.05) is 0 Å². The molecule has 0 aliphatic rings. The first-order valence-corrected chi connectivity index (χ1v) is 5.44. The van der Waals surface area contributed by atoms with Gasteiger partial charge in [-0.05, 0) is 17.7 Å². The van der Waals surface area contributed by atoms with E-state index in [-0.39, 0.29) is 35.1 Å². The van der Waals surface area contributed by atoms with Gasteiger partial charge in [-0.2, -0.15) is 0 Å². The van der Waals surface area contributed by atoms with Crippen molar-refractivity contribution in [1.29, 1.82) is 0 Å². The molecule has 1 atom stereocenters. The predicted octanol–water partition coefficient (Wildman–Crippen LogP) is -2.45. The number of aliphatic hydroxyl groups excluding tert-OH is 1. The minimum Gasteiger partial charge on any atom is -0.748 e. The third-order valence-corrected chi connectivity index (χ3v) is 2.41. The number of hydrogen-bond acceptors (Lipinski definition) is 4. The second-order valence-corrected chi connectivity index (χ2v) is 4.36. The van der Waals surface area contributed by atoms with Gasteiger partial charge in [-0.15, -0.1) is 0 Å². The molecule has 0 heterocycles. The van der Waals surface area contributed by atoms with E-state index in [0.717, 1.165) is 12.1 Å². The van der Waals surface area contributed by atoms with Gasteiger partial charge in [-0.1, -0.05) is 6.07 Å². The fourth-order valence-corrected chi connectivity index (χ4v) is 1.59. The Hall–Kier alpha value is -0.0500. The van der Waals surface area contributed by atoms with E-state index in [1.54, 1.807) is 0 Å². The van der Waals surface area contributed by atoms with Gasteiger partial charge in [0.25, 0.3) is 0 Å². The first kappa shape index (κ1) is 16.0. The Kier molecular flexibility index (Phi) is 6.02. The molecule has 0 bridgehead atoms. The summed E-state index contributed by atoms with van der Waals surface area (Å²) < 4.78 is 56.0. The third-order valence-electron chi connectivity index (χ3n) is 1.69. The Balaban J connectivity index is 0.00000225. The van der Waals surface area contributed by atoms with Crippen LogP contribution in [0.25, 0.3) is 0 Å². The molecule has 0 saturated heterocycles. The van der Waals surface area contributed by atoms with Gasteiger partial charge in [0.05, 0.1) is 22.0 Å². The normalized spacial score (nSPS) is 13.0. The zero-order chi connectivity index (χ0) is 11.6. The van der Waals surface area contributed by atoms with Crippen LogP contribution >= 0.6 is 0 Å². The number of aliphatic hydroxyl groups is 1. The molecule has 4 nitrogen and oxygen atoms in total. The number of benzene rings is 1. The Bertz CT molecular complexity index is 463. The molecular formula is C8H7F2NaO4S. The minimum atomic E-state index is -4.61. The molecule has 0 aliphatic heterocycles. The van der Waals surface area contributed by atoms with Crippen LogP contribution in [0.3, 0.4) is 0 Å². The van der Waals surface area contributed by atoms with E-state index in [4.69, 9.17) is 0 Å². The van der Waals surface area contributed by atoms with E-state index < -0.39 is 33.6 Å². The van der Waals surface area contributed by atoms with Crippen LogP contribution in [0.1, 0.15) is 11.7 Å². The zero-order valence-corrected chi connectivity index (χ0v) is 11.2. The van der Waals surface area contributed by atoms with E-state index in [1.165, 1.54) is 0 Å². The maximum Gasteiger partial charge on any atom is 1.00 e. The van der Waals surface area contributed by atoms with Crippen LogP contribution in [0.5, 0.6) is 0 Å². The van der Waals surface area contributed by atoms with Crippen LogP contribution < -0.4 is 29.6 Å². The van der Waals surface area contributed by atoms with Gasteiger partial charge in [0.15, 0.2) is 11.6 Å². The average molecular weight is 260 g/mol. The standard InChI is InChI=1S/C8H8F2O4S.Na/c9-6-2-1-5(3-7(6)10)8(11)4-15(12,13)14;/h1-3,8,11H,4H2,(H,12,13,14);/q;+1/p-1. The van der Waals surface area contributed by atoms with E-state index in [9.17, 15) is 26.9 Å². The van der Waals surface area contributed by atoms with Gasteiger partial charge in [0.1, 0.15) is 0 Å². The predicted molar refractivity (Wildman–Crippen MR) is 45.9 cm³/mol. The smallest absolute Gasteiger partial charge is 0.748 e. The van der Waals surface area contributed by atoms with Crippen LogP contribution in [0.2, 0.25) is 0 Å². The fourth-order valence-electron chi connectivity index (χ4n) is 1.01. The van der Waals surface area contributed by atoms with Gasteiger partial charge >= 0.3 is 29.6 Å². The monoisotopic (exact) mass is 260 g/mol. The van der Waals surface area contributed by atoms with Crippen molar-refractivity contribution in [2.45, 2.75) is 6.10 Å². The van der Waals surface area contributed by atoms with Crippen LogP contribution in [-0.4, -0.2) is 23.8 Å². The summed E-state index contributed by atoms with van der Waals surface area (Å²) in [6.45, 7) is 0. The van der Waals surface area contributed by atoms with Crippen molar-refractivity contribution in [2.75, 3.05) is 5.75 Å². The van der Waals surface area contributed by atoms with Gasteiger partial charge in [-0.25, -0.2) is 17.2 Å². The Morgan fingerprint density at radius 2 is 1.88 bits per heavy atom. The maximum absolute atomic E-state index is 12.7. The molecule has 0 fully saturated rings. The Morgan fingerprint density at radius 3 is 2.31 bits per heavy atom. The maximum atomic E-state index is 12.7. The molecule has 0 aromatic heterocycles. The average Bonchev–Trinajstić information content (AvgIpc) is 2.06. The molecule has 0 aliphatic carbocycles. The van der Waals surface area contributed by atoms with Crippen LogP contribution in [0, 0.1) is 11.6 Å². The first-order chi connectivity index (χ1) is 6.79. The van der Waals surface area contributed by atoms with E-state index in [0.29, 0.717) is 6.07 Å². The van der Waals surface area contributed by atoms with Crippen molar-refractivity contribution in [2.24, 2.45) is 0 Å². The quantitative estimate of drug-likeness (QED) is 0.483. The summed E-state index contributed by atoms with van der Waals surface area (Å²) in [5, 5.41) is 9.20. The van der Waals surface area contributed by atoms with Crippen molar-refractivity contribution in [3.63, 3.8) is 0 Å². The molecule has 8 heteroatoms. The second kappa shape index (κ2) is 6.04. The van der Waals surface area contributed by atoms with Crippen molar-refractivity contribution in [3.8, 4) is 0 Å². The summed E-state index contributed by atoms with van der Waals surface area (Å²) in [7, 11) is -4.61. The summed E-state index contributed by atoms with van der Waals surface area (Å²) in [5.74, 6) is -3.40. The van der Waals surface area contributed by atoms with Crippen LogP contribution in [0.15, 0.2) is 18.2 Å². The van der Waals surface area contributed by atoms with Gasteiger partial charge < -0.3 is 9.66 Å². The van der Waals surface area contributed by atoms with Crippen LogP contribution in [-0.2, 0) is 10.1 Å². The molecule has 0 saturated carbocycles. The van der Waals surface area contributed by atoms with Crippen molar-refractivity contribution < 1.29 is 56.4 Å². The molecule has 1 aromatic rings. The van der Waals surface area contributed by atoms with Crippen LogP contribution in [0.4, 0.5) is 8.78 Å². The molecule has 1 aromatic carbocycles. The second-order valence-electron chi connectivity index (χ2n) is 2.91. The van der Waals surface area contributed by atoms with E-state index >= 15 is 0 Å². The Labute approximate surface area is 113 Å². The number of hydrogen-bond donors (Lipinski definition) is 1. The summed E-state index contributed by atoms with van der Waals surface area (Å²) in [6, 6.07) is 2.39. The van der Waals surface area contributed by atoms with Gasteiger partial charge in [0.2, 0.25) is 0 Å². The number of rotatable bonds is 3. The number of halogens is 2. The van der Waals surface area contributed by atoms with Gasteiger partial charge in [0, 0.05) is 0 Å². The minimum absolute atomic E-state index is 0. The zero-order valence-electron chi connectivity index (χ0n) is 8.35. The molecule has 84 valence electrons. The van der Waals surface area contributed by atoms with E-state index in [2.05, 4.69) is 0 Å². The van der Waals surface area contributed by atoms with Gasteiger partial charge in [-0.3, -0.25) is 0 Å². The SMILES string of the molecule is O=S(=O)([O-])CC(O)c1ccc(F)c(F)c1.[Na+]. The molecule has 1 N–H and O–H groups in total. The molecule has 0 radical (unpaired) electrons. The third kappa shape index (κ3) is 4.86. The van der Waals surface area contributed by atoms with Crippen molar-refractivity contribution in [1.82, 2.24) is 0 Å². The first-order valence-electron chi connectivity index (χ1n) is 3.86. The topological polar surface area (TPSA) is 77.4 Å². The van der Waals surface area contributed by atoms with Crippen molar-refractivity contribution in [3.05, 3.63) is 35.4 Å². The molecule has 0 amide bonds. The fraction of sp³-hybridized carbons (Fsp3) is 0.250. The molecular weight excluding hydrogens is 253 g/mol. The molecule has 1 unspecified atom stereocenters. The van der Waals surface area contributed by atoms with Crippen molar-refractivity contribution >= 4 is 10.1 Å². The summed E-state index contributed by atoms with van der Waals surface area (Å²) in [5.41, 5.74) is -0.159. The molecule has 1 rings (SSSR count).